The topological polar surface area (TPSA) is 13.0 Å². The average Bonchev–Trinajstić information content (AvgIpc) is 1.32. The van der Waals surface area contributed by atoms with E-state index in [0.717, 1.165) is 79.4 Å². The van der Waals surface area contributed by atoms with Crippen molar-refractivity contribution in [3.8, 4) is 22.3 Å². The average molecular weight is 1100 g/mol. The maximum atomic E-state index is 2.36. The zero-order chi connectivity index (χ0) is 57.2. The summed E-state index contributed by atoms with van der Waals surface area (Å²) in [6, 6.07) is 127. The van der Waals surface area contributed by atoms with Crippen LogP contribution in [0.1, 0.15) is 0 Å². The highest BCUT2D eigenvalue weighted by Crippen LogP contribution is 2.48. The fourth-order valence-electron chi connectivity index (χ4n) is 12.7. The minimum atomic E-state index is 1.07. The summed E-state index contributed by atoms with van der Waals surface area (Å²) in [5.74, 6) is 0. The van der Waals surface area contributed by atoms with Crippen molar-refractivity contribution in [2.45, 2.75) is 0 Å². The Kier molecular flexibility index (Phi) is 13.6. The number of benzene rings is 15. The minimum Gasteiger partial charge on any atom is -0.311 e. The molecule has 0 spiro atoms. The highest BCUT2D eigenvalue weighted by atomic mass is 15.2. The molecule has 0 fully saturated rings. The Morgan fingerprint density at radius 2 is 0.349 bits per heavy atom. The molecule has 0 amide bonds. The summed E-state index contributed by atoms with van der Waals surface area (Å²) in [6.45, 7) is 0. The number of hydrogen-bond acceptors (Lipinski definition) is 4. The van der Waals surface area contributed by atoms with E-state index in [2.05, 4.69) is 371 Å². The van der Waals surface area contributed by atoms with E-state index in [1.54, 1.807) is 0 Å². The molecule has 15 rings (SSSR count). The van der Waals surface area contributed by atoms with Gasteiger partial charge in [-0.1, -0.05) is 218 Å². The molecule has 0 aromatic heterocycles. The van der Waals surface area contributed by atoms with Gasteiger partial charge >= 0.3 is 0 Å². The van der Waals surface area contributed by atoms with E-state index in [0.29, 0.717) is 0 Å². The molecule has 0 heterocycles. The van der Waals surface area contributed by atoms with Gasteiger partial charge in [0.05, 0.1) is 11.4 Å². The fraction of sp³-hybridized carbons (Fsp3) is 0. The van der Waals surface area contributed by atoms with Crippen LogP contribution in [0.4, 0.5) is 68.2 Å². The van der Waals surface area contributed by atoms with E-state index >= 15 is 0 Å². The molecule has 0 saturated carbocycles. The Morgan fingerprint density at radius 3 is 0.651 bits per heavy atom. The molecule has 0 atom stereocenters. The van der Waals surface area contributed by atoms with Crippen molar-refractivity contribution in [2.24, 2.45) is 0 Å². The van der Waals surface area contributed by atoms with E-state index in [9.17, 15) is 0 Å². The molecule has 86 heavy (non-hydrogen) atoms. The fourth-order valence-corrected chi connectivity index (χ4v) is 12.7. The lowest BCUT2D eigenvalue weighted by molar-refractivity contribution is 1.26. The van der Waals surface area contributed by atoms with Crippen LogP contribution in [0.2, 0.25) is 0 Å². The molecule has 0 saturated heterocycles. The number of hydrogen-bond donors (Lipinski definition) is 0. The van der Waals surface area contributed by atoms with Gasteiger partial charge in [0.25, 0.3) is 0 Å². The molecular weight excluding hydrogens is 1040 g/mol. The Labute approximate surface area is 502 Å². The van der Waals surface area contributed by atoms with Gasteiger partial charge in [0.2, 0.25) is 0 Å². The summed E-state index contributed by atoms with van der Waals surface area (Å²) in [7, 11) is 0. The highest BCUT2D eigenvalue weighted by Gasteiger charge is 2.22. The van der Waals surface area contributed by atoms with E-state index < -0.39 is 0 Å². The van der Waals surface area contributed by atoms with Crippen LogP contribution in [0.3, 0.4) is 0 Å². The maximum Gasteiger partial charge on any atom is 0.0540 e. The molecular formula is C82H58N4. The van der Waals surface area contributed by atoms with Crippen LogP contribution in [0.15, 0.2) is 352 Å². The smallest absolute Gasteiger partial charge is 0.0540 e. The molecule has 0 unspecified atom stereocenters. The van der Waals surface area contributed by atoms with Crippen molar-refractivity contribution in [1.82, 2.24) is 0 Å². The lowest BCUT2D eigenvalue weighted by Gasteiger charge is -2.29. The second-order valence-electron chi connectivity index (χ2n) is 21.6. The van der Waals surface area contributed by atoms with Crippen molar-refractivity contribution in [3.63, 3.8) is 0 Å². The van der Waals surface area contributed by atoms with Crippen LogP contribution < -0.4 is 19.6 Å². The van der Waals surface area contributed by atoms with Gasteiger partial charge in [-0.2, -0.15) is 0 Å². The van der Waals surface area contributed by atoms with Crippen LogP contribution in [0.5, 0.6) is 0 Å². The quantitative estimate of drug-likeness (QED) is 0.101. The van der Waals surface area contributed by atoms with Crippen LogP contribution in [-0.2, 0) is 0 Å². The van der Waals surface area contributed by atoms with Gasteiger partial charge in [-0.3, -0.25) is 0 Å². The lowest BCUT2D eigenvalue weighted by atomic mass is 9.86. The third-order valence-electron chi connectivity index (χ3n) is 16.6. The molecule has 15 aromatic carbocycles. The SMILES string of the molecule is c1ccc(N(c2ccc(-c3c4ccccc4c(-c4ccc(N(c5ccccc5)c5ccc(N(c6ccccc6)c6cccc7ccccc67)cc5)cc4)c4ccccc34)cc2)c2ccc(N(c3ccccc3)c3cccc4ccccc34)cc2)cc1. The number of para-hydroxylation sites is 4. The van der Waals surface area contributed by atoms with Crippen molar-refractivity contribution in [2.75, 3.05) is 19.6 Å². The molecule has 406 valence electrons. The second kappa shape index (κ2) is 22.7. The lowest BCUT2D eigenvalue weighted by Crippen LogP contribution is -2.12. The molecule has 0 radical (unpaired) electrons. The number of fused-ring (bicyclic) bond motifs is 4. The molecule has 0 bridgehead atoms. The van der Waals surface area contributed by atoms with Crippen LogP contribution in [-0.4, -0.2) is 0 Å². The monoisotopic (exact) mass is 1100 g/mol. The summed E-state index contributed by atoms with van der Waals surface area (Å²) in [4.78, 5) is 9.41. The predicted molar refractivity (Wildman–Crippen MR) is 366 cm³/mol. The number of rotatable bonds is 14. The summed E-state index contributed by atoms with van der Waals surface area (Å²) in [6.07, 6.45) is 0. The maximum absolute atomic E-state index is 2.36. The van der Waals surface area contributed by atoms with Gasteiger partial charge in [-0.15, -0.1) is 0 Å². The highest BCUT2D eigenvalue weighted by molar-refractivity contribution is 6.21. The van der Waals surface area contributed by atoms with E-state index in [1.165, 1.54) is 54.2 Å². The van der Waals surface area contributed by atoms with E-state index in [4.69, 9.17) is 0 Å². The van der Waals surface area contributed by atoms with Crippen LogP contribution >= 0.6 is 0 Å². The third-order valence-corrected chi connectivity index (χ3v) is 16.6. The van der Waals surface area contributed by atoms with Gasteiger partial charge in [-0.25, -0.2) is 0 Å². The number of nitrogens with zero attached hydrogens (tertiary/aromatic N) is 4. The van der Waals surface area contributed by atoms with Gasteiger partial charge < -0.3 is 19.6 Å². The van der Waals surface area contributed by atoms with Gasteiger partial charge in [0.15, 0.2) is 0 Å². The summed E-state index contributed by atoms with van der Waals surface area (Å²) >= 11 is 0. The largest absolute Gasteiger partial charge is 0.311 e. The molecule has 0 aliphatic heterocycles. The first-order valence-electron chi connectivity index (χ1n) is 29.4. The Hall–Kier alpha value is -11.5. The molecule has 0 N–H and O–H groups in total. The van der Waals surface area contributed by atoms with E-state index in [-0.39, 0.29) is 0 Å². The van der Waals surface area contributed by atoms with Gasteiger partial charge in [0.1, 0.15) is 0 Å². The molecule has 15 aromatic rings. The summed E-state index contributed by atoms with van der Waals surface area (Å²) < 4.78 is 0. The molecule has 0 aliphatic rings. The van der Waals surface area contributed by atoms with Crippen molar-refractivity contribution in [1.29, 1.82) is 0 Å². The second-order valence-corrected chi connectivity index (χ2v) is 21.6. The molecule has 4 nitrogen and oxygen atoms in total. The Balaban J connectivity index is 0.774. The normalized spacial score (nSPS) is 11.3. The number of anilines is 12. The van der Waals surface area contributed by atoms with Crippen LogP contribution in [0.25, 0.3) is 65.3 Å². The van der Waals surface area contributed by atoms with Crippen molar-refractivity contribution >= 4 is 111 Å². The minimum absolute atomic E-state index is 1.07. The Bertz CT molecular complexity index is 4460. The van der Waals surface area contributed by atoms with Crippen molar-refractivity contribution in [3.05, 3.63) is 352 Å². The standard InChI is InChI=1S/C82H58N4/c1-5-27-63(28-6-1)83(69-51-55-71(56-52-69)85(65-31-9-3-10-32-65)79-41-21-25-59-23-13-15-35-73(59)79)67-47-43-61(44-48-67)81-75-37-17-19-39-77(75)82(78-40-20-18-38-76(78)81)62-45-49-68(50-46-62)84(64-29-7-2-8-30-64)70-53-57-72(58-54-70)86(66-33-11-4-12-34-66)80-42-22-26-60-24-14-16-36-74(60)80/h1-58H. The molecule has 4 heteroatoms. The summed E-state index contributed by atoms with van der Waals surface area (Å²) in [5, 5.41) is 9.66. The van der Waals surface area contributed by atoms with E-state index in [1.807, 2.05) is 0 Å². The van der Waals surface area contributed by atoms with Crippen molar-refractivity contribution < 1.29 is 0 Å². The first-order valence-corrected chi connectivity index (χ1v) is 29.4. The molecule has 0 aliphatic carbocycles. The van der Waals surface area contributed by atoms with Gasteiger partial charge in [-0.05, 0) is 188 Å². The first kappa shape index (κ1) is 51.4. The van der Waals surface area contributed by atoms with Gasteiger partial charge in [0, 0.05) is 67.6 Å². The van der Waals surface area contributed by atoms with Crippen LogP contribution in [0, 0.1) is 0 Å². The zero-order valence-corrected chi connectivity index (χ0v) is 47.3. The first-order chi connectivity index (χ1) is 42.7. The zero-order valence-electron chi connectivity index (χ0n) is 47.3. The predicted octanol–water partition coefficient (Wildman–Crippen LogP) is 23.5. The third kappa shape index (κ3) is 9.61. The Morgan fingerprint density at radius 1 is 0.140 bits per heavy atom. The summed E-state index contributed by atoms with van der Waals surface area (Å²) in [5.41, 5.74) is 17.9.